The van der Waals surface area contributed by atoms with Crippen LogP contribution in [0.2, 0.25) is 0 Å². The van der Waals surface area contributed by atoms with Crippen molar-refractivity contribution in [1.82, 2.24) is 0 Å². The smallest absolute Gasteiger partial charge is 0.302 e. The highest BCUT2D eigenvalue weighted by molar-refractivity contribution is 8.00. The van der Waals surface area contributed by atoms with Crippen LogP contribution in [-0.2, 0) is 9.53 Å². The molecular weight excluding hydrogens is 172 g/mol. The number of carbonyl (C=O) groups is 1. The molecular formula is C9H16O2S. The Labute approximate surface area is 78.1 Å². The summed E-state index contributed by atoms with van der Waals surface area (Å²) in [6, 6.07) is 0. The van der Waals surface area contributed by atoms with Crippen molar-refractivity contribution in [3.8, 4) is 0 Å². The van der Waals surface area contributed by atoms with E-state index in [0.717, 1.165) is 12.2 Å². The molecule has 1 fully saturated rings. The van der Waals surface area contributed by atoms with E-state index in [1.54, 1.807) is 0 Å². The fourth-order valence-corrected chi connectivity index (χ4v) is 2.81. The van der Waals surface area contributed by atoms with Crippen molar-refractivity contribution >= 4 is 17.7 Å². The maximum Gasteiger partial charge on any atom is 0.302 e. The SMILES string of the molecule is CC(=O)O[C@@H]1CS[C@H](C(C)C)C1. The van der Waals surface area contributed by atoms with Crippen LogP contribution in [0.15, 0.2) is 0 Å². The number of ether oxygens (including phenoxy) is 1. The van der Waals surface area contributed by atoms with Gasteiger partial charge in [-0.25, -0.2) is 0 Å². The average Bonchev–Trinajstić information content (AvgIpc) is 2.34. The molecule has 1 heterocycles. The molecule has 0 spiro atoms. The predicted molar refractivity (Wildman–Crippen MR) is 51.3 cm³/mol. The lowest BCUT2D eigenvalue weighted by Crippen LogP contribution is -2.17. The monoisotopic (exact) mass is 188 g/mol. The van der Waals surface area contributed by atoms with Crippen LogP contribution in [0, 0.1) is 5.92 Å². The molecule has 0 bridgehead atoms. The van der Waals surface area contributed by atoms with Crippen molar-refractivity contribution in [2.45, 2.75) is 38.5 Å². The van der Waals surface area contributed by atoms with Crippen LogP contribution in [0.4, 0.5) is 0 Å². The van der Waals surface area contributed by atoms with Crippen LogP contribution in [-0.4, -0.2) is 23.1 Å². The summed E-state index contributed by atoms with van der Waals surface area (Å²) < 4.78 is 5.13. The maximum atomic E-state index is 10.6. The van der Waals surface area contributed by atoms with Gasteiger partial charge in [0, 0.05) is 17.9 Å². The summed E-state index contributed by atoms with van der Waals surface area (Å²) >= 11 is 1.92. The predicted octanol–water partition coefficient (Wildman–Crippen LogP) is 2.08. The Balaban J connectivity index is 2.30. The number of thioether (sulfide) groups is 1. The van der Waals surface area contributed by atoms with Crippen LogP contribution in [0.25, 0.3) is 0 Å². The Hall–Kier alpha value is -0.180. The van der Waals surface area contributed by atoms with Gasteiger partial charge in [0.05, 0.1) is 0 Å². The molecule has 1 aliphatic heterocycles. The zero-order valence-electron chi connectivity index (χ0n) is 7.87. The molecule has 0 N–H and O–H groups in total. The average molecular weight is 188 g/mol. The van der Waals surface area contributed by atoms with Crippen molar-refractivity contribution in [2.75, 3.05) is 5.75 Å². The van der Waals surface area contributed by atoms with Gasteiger partial charge in [0.25, 0.3) is 0 Å². The number of rotatable bonds is 2. The summed E-state index contributed by atoms with van der Waals surface area (Å²) in [7, 11) is 0. The van der Waals surface area contributed by atoms with Crippen molar-refractivity contribution in [2.24, 2.45) is 5.92 Å². The van der Waals surface area contributed by atoms with Crippen molar-refractivity contribution in [3.63, 3.8) is 0 Å². The zero-order chi connectivity index (χ0) is 9.14. The third-order valence-corrected chi connectivity index (χ3v) is 3.80. The summed E-state index contributed by atoms with van der Waals surface area (Å²) in [6.07, 6.45) is 1.20. The van der Waals surface area contributed by atoms with E-state index in [1.165, 1.54) is 6.92 Å². The minimum absolute atomic E-state index is 0.148. The van der Waals surface area contributed by atoms with Crippen LogP contribution in [0.3, 0.4) is 0 Å². The first-order valence-electron chi connectivity index (χ1n) is 4.38. The Morgan fingerprint density at radius 3 is 2.67 bits per heavy atom. The van der Waals surface area contributed by atoms with E-state index in [4.69, 9.17) is 4.74 Å². The second-order valence-electron chi connectivity index (χ2n) is 3.58. The lowest BCUT2D eigenvalue weighted by Gasteiger charge is -2.13. The molecule has 1 rings (SSSR count). The first kappa shape index (κ1) is 9.90. The molecule has 2 nitrogen and oxygen atoms in total. The quantitative estimate of drug-likeness (QED) is 0.621. The molecule has 12 heavy (non-hydrogen) atoms. The third-order valence-electron chi connectivity index (χ3n) is 2.07. The van der Waals surface area contributed by atoms with Crippen LogP contribution >= 0.6 is 11.8 Å². The van der Waals surface area contributed by atoms with E-state index in [9.17, 15) is 4.79 Å². The van der Waals surface area contributed by atoms with E-state index >= 15 is 0 Å². The Morgan fingerprint density at radius 1 is 1.58 bits per heavy atom. The normalized spacial score (nSPS) is 29.3. The fraction of sp³-hybridized carbons (Fsp3) is 0.889. The largest absolute Gasteiger partial charge is 0.462 e. The van der Waals surface area contributed by atoms with Crippen molar-refractivity contribution in [3.05, 3.63) is 0 Å². The van der Waals surface area contributed by atoms with Crippen molar-refractivity contribution in [1.29, 1.82) is 0 Å². The molecule has 0 aromatic carbocycles. The molecule has 0 saturated carbocycles. The van der Waals surface area contributed by atoms with Gasteiger partial charge < -0.3 is 4.74 Å². The first-order chi connectivity index (χ1) is 5.59. The van der Waals surface area contributed by atoms with Crippen LogP contribution in [0.1, 0.15) is 27.2 Å². The topological polar surface area (TPSA) is 26.3 Å². The highest BCUT2D eigenvalue weighted by atomic mass is 32.2. The molecule has 0 radical (unpaired) electrons. The fourth-order valence-electron chi connectivity index (χ4n) is 1.41. The molecule has 0 aromatic rings. The van der Waals surface area contributed by atoms with E-state index in [2.05, 4.69) is 13.8 Å². The molecule has 1 aliphatic rings. The lowest BCUT2D eigenvalue weighted by atomic mass is 10.1. The molecule has 0 aliphatic carbocycles. The molecule has 2 atom stereocenters. The molecule has 0 aromatic heterocycles. The van der Waals surface area contributed by atoms with Gasteiger partial charge >= 0.3 is 5.97 Å². The third kappa shape index (κ3) is 2.70. The van der Waals surface area contributed by atoms with E-state index in [1.807, 2.05) is 11.8 Å². The molecule has 70 valence electrons. The number of hydrogen-bond acceptors (Lipinski definition) is 3. The Kier molecular flexibility index (Phi) is 3.44. The molecule has 3 heteroatoms. The number of hydrogen-bond donors (Lipinski definition) is 0. The standard InChI is InChI=1S/C9H16O2S/c1-6(2)9-4-8(5-12-9)11-7(3)10/h6,8-9H,4-5H2,1-3H3/t8-,9-/m0/s1. The number of esters is 1. The Bertz CT molecular complexity index is 168. The van der Waals surface area contributed by atoms with Gasteiger partial charge in [-0.3, -0.25) is 4.79 Å². The first-order valence-corrected chi connectivity index (χ1v) is 5.43. The van der Waals surface area contributed by atoms with E-state index in [-0.39, 0.29) is 12.1 Å². The molecule has 0 unspecified atom stereocenters. The van der Waals surface area contributed by atoms with Gasteiger partial charge in [-0.2, -0.15) is 11.8 Å². The second-order valence-corrected chi connectivity index (χ2v) is 4.86. The van der Waals surface area contributed by atoms with Crippen molar-refractivity contribution < 1.29 is 9.53 Å². The molecule has 1 saturated heterocycles. The van der Waals surface area contributed by atoms with Gasteiger partial charge in [0.1, 0.15) is 6.10 Å². The summed E-state index contributed by atoms with van der Waals surface area (Å²) in [6.45, 7) is 5.91. The van der Waals surface area contributed by atoms with Gasteiger partial charge in [0.15, 0.2) is 0 Å². The number of carbonyl (C=O) groups excluding carboxylic acids is 1. The summed E-state index contributed by atoms with van der Waals surface area (Å²) in [5, 5.41) is 0.675. The summed E-state index contributed by atoms with van der Waals surface area (Å²) in [5.74, 6) is 1.52. The highest BCUT2D eigenvalue weighted by Crippen LogP contribution is 2.33. The highest BCUT2D eigenvalue weighted by Gasteiger charge is 2.29. The van der Waals surface area contributed by atoms with Gasteiger partial charge in [0.2, 0.25) is 0 Å². The minimum Gasteiger partial charge on any atom is -0.462 e. The van der Waals surface area contributed by atoms with Gasteiger partial charge in [-0.1, -0.05) is 13.8 Å². The van der Waals surface area contributed by atoms with Gasteiger partial charge in [-0.05, 0) is 12.3 Å². The Morgan fingerprint density at radius 2 is 2.25 bits per heavy atom. The lowest BCUT2D eigenvalue weighted by molar-refractivity contribution is -0.145. The van der Waals surface area contributed by atoms with Gasteiger partial charge in [-0.15, -0.1) is 0 Å². The zero-order valence-corrected chi connectivity index (χ0v) is 8.69. The van der Waals surface area contributed by atoms with Crippen LogP contribution in [0.5, 0.6) is 0 Å². The second kappa shape index (κ2) is 4.17. The maximum absolute atomic E-state index is 10.6. The molecule has 0 amide bonds. The summed E-state index contributed by atoms with van der Waals surface area (Å²) in [4.78, 5) is 10.6. The minimum atomic E-state index is -0.148. The van der Waals surface area contributed by atoms with E-state index in [0.29, 0.717) is 11.2 Å². The van der Waals surface area contributed by atoms with E-state index < -0.39 is 0 Å². The summed E-state index contributed by atoms with van der Waals surface area (Å²) in [5.41, 5.74) is 0. The van der Waals surface area contributed by atoms with Crippen LogP contribution < -0.4 is 0 Å².